The number of aromatic nitrogens is 2. The average molecular weight is 1860 g/mol. The Morgan fingerprint density at radius 2 is 0.924 bits per heavy atom. The summed E-state index contributed by atoms with van der Waals surface area (Å²) in [6.07, 6.45) is 6.41. The van der Waals surface area contributed by atoms with Crippen molar-refractivity contribution in [3.05, 3.63) is 48.0 Å². The summed E-state index contributed by atoms with van der Waals surface area (Å²) in [5, 5.41) is 95.6. The van der Waals surface area contributed by atoms with Crippen molar-refractivity contribution < 1.29 is 96.8 Å². The van der Waals surface area contributed by atoms with Gasteiger partial charge >= 0.3 is 0 Å². The molecule has 35 N–H and O–H groups in total. The van der Waals surface area contributed by atoms with Crippen molar-refractivity contribution in [1.82, 2.24) is 99.9 Å². The van der Waals surface area contributed by atoms with Gasteiger partial charge in [-0.3, -0.25) is 97.7 Å². The van der Waals surface area contributed by atoms with Crippen LogP contribution in [0.3, 0.4) is 0 Å². The average Bonchev–Trinajstić information content (AvgIpc) is 1.55. The topological polar surface area (TPSA) is 803 Å². The van der Waals surface area contributed by atoms with Gasteiger partial charge in [-0.1, -0.05) is 90.2 Å². The number of nitrogens with two attached hydrogens (primary N) is 6. The number of amides is 17. The van der Waals surface area contributed by atoms with E-state index in [9.17, 15) is 82.4 Å². The Balaban J connectivity index is 1.40. The molecule has 48 nitrogen and oxygen atoms in total. The molecule has 132 heavy (non-hydrogen) atoms. The number of carbonyl (C=O) groups is 17. The summed E-state index contributed by atoms with van der Waals surface area (Å²) in [6, 6.07) is -14.5. The van der Waals surface area contributed by atoms with Gasteiger partial charge in [0.05, 0.1) is 25.5 Å². The molecule has 3 aliphatic rings. The molecule has 734 valence electrons. The fraction of sp³-hybridized carbons (Fsp3) is 0.655. The lowest BCUT2D eigenvalue weighted by Crippen LogP contribution is -2.65. The van der Waals surface area contributed by atoms with Gasteiger partial charge in [0.2, 0.25) is 100 Å². The molecule has 0 spiro atoms. The Morgan fingerprint density at radius 3 is 1.38 bits per heavy atom. The first kappa shape index (κ1) is 109. The maximum atomic E-state index is 15.2. The molecular weight excluding hydrogens is 1720 g/mol. The Hall–Kier alpha value is -13.0. The normalized spacial score (nSPS) is 17.0. The summed E-state index contributed by atoms with van der Waals surface area (Å²) < 4.78 is 0. The molecule has 5 rings (SSSR count). The molecule has 0 radical (unpaired) electrons. The van der Waals surface area contributed by atoms with Gasteiger partial charge in [-0.15, -0.1) is 0 Å². The first-order valence-corrected chi connectivity index (χ1v) is 44.7. The number of nitrogens with one attached hydrogen (secondary N) is 20. The molecule has 2 heterocycles. The number of carbonyl (C=O) groups excluding carboxylic acids is 17. The third kappa shape index (κ3) is 38.9. The van der Waals surface area contributed by atoms with Crippen molar-refractivity contribution in [2.24, 2.45) is 52.2 Å². The van der Waals surface area contributed by atoms with Crippen molar-refractivity contribution in [3.63, 3.8) is 0 Å². The minimum Gasteiger partial charge on any atom is -0.508 e. The number of nitrogens with zero attached hydrogens (tertiary/aromatic N) is 2. The number of hydrogen-bond donors (Lipinski definition) is 29. The molecule has 17 amide bonds. The number of aromatic hydroxyl groups is 1. The number of guanidine groups is 3. The van der Waals surface area contributed by atoms with Crippen molar-refractivity contribution in [3.8, 4) is 5.75 Å². The molecule has 0 unspecified atom stereocenters. The number of aromatic amines is 1. The zero-order valence-electron chi connectivity index (χ0n) is 75.8. The zero-order valence-corrected chi connectivity index (χ0v) is 75.8. The first-order chi connectivity index (χ1) is 62.3. The van der Waals surface area contributed by atoms with Gasteiger partial charge < -0.3 is 145 Å². The van der Waals surface area contributed by atoms with Crippen LogP contribution in [0.4, 0.5) is 0 Å². The van der Waals surface area contributed by atoms with E-state index in [0.29, 0.717) is 30.5 Å². The number of H-pyrrole nitrogens is 1. The van der Waals surface area contributed by atoms with Crippen LogP contribution in [0, 0.1) is 34.0 Å². The van der Waals surface area contributed by atoms with Crippen LogP contribution in [-0.2, 0) is 94.3 Å². The number of phenolic OH excluding ortho intramolecular Hbond substituents is 1. The lowest BCUT2D eigenvalue weighted by molar-refractivity contribution is -0.143. The van der Waals surface area contributed by atoms with Gasteiger partial charge in [0.1, 0.15) is 89.8 Å². The predicted molar refractivity (Wildman–Crippen MR) is 479 cm³/mol. The molecule has 1 aliphatic heterocycles. The molecule has 2 aromatic rings. The number of aliphatic hydroxyl groups excluding tert-OH is 2. The maximum absolute atomic E-state index is 15.2. The first-order valence-electron chi connectivity index (χ1n) is 44.7. The molecule has 2 aliphatic carbocycles. The van der Waals surface area contributed by atoms with Gasteiger partial charge in [-0.05, 0) is 133 Å². The Labute approximate surface area is 765 Å². The number of aliphatic hydroxyl groups is 2. The zero-order chi connectivity index (χ0) is 98.1. The van der Waals surface area contributed by atoms with E-state index < -0.39 is 234 Å². The number of rotatable bonds is 56. The van der Waals surface area contributed by atoms with E-state index in [1.54, 1.807) is 13.8 Å². The minimum absolute atomic E-state index is 0.0205. The Kier molecular flexibility index (Phi) is 45.8. The Bertz CT molecular complexity index is 4280. The molecule has 0 bridgehead atoms. The van der Waals surface area contributed by atoms with Crippen LogP contribution in [0.2, 0.25) is 0 Å². The number of imidazole rings is 1. The minimum atomic E-state index is -2.07. The quantitative estimate of drug-likeness (QED) is 0.0166. The van der Waals surface area contributed by atoms with Gasteiger partial charge in [-0.25, -0.2) is 4.98 Å². The summed E-state index contributed by atoms with van der Waals surface area (Å²) >= 11 is 0. The highest BCUT2D eigenvalue weighted by atomic mass is 16.3. The molecule has 48 heteroatoms. The number of likely N-dealkylation sites (tertiary alicyclic amines) is 1. The summed E-state index contributed by atoms with van der Waals surface area (Å²) in [7, 11) is 0. The molecule has 1 aromatic carbocycles. The van der Waals surface area contributed by atoms with Gasteiger partial charge in [-0.2, -0.15) is 0 Å². The number of benzene rings is 1. The van der Waals surface area contributed by atoms with E-state index in [-0.39, 0.29) is 127 Å². The highest BCUT2D eigenvalue weighted by molar-refractivity contribution is 6.02. The van der Waals surface area contributed by atoms with Crippen molar-refractivity contribution in [2.45, 2.75) is 299 Å². The van der Waals surface area contributed by atoms with E-state index in [1.807, 2.05) is 0 Å². The number of primary amides is 3. The second kappa shape index (κ2) is 55.2. The second-order valence-electron chi connectivity index (χ2n) is 34.8. The summed E-state index contributed by atoms with van der Waals surface area (Å²) in [6.45, 7) is 7.34. The van der Waals surface area contributed by atoms with Crippen LogP contribution in [0.1, 0.15) is 207 Å². The molecule has 2 saturated carbocycles. The highest BCUT2D eigenvalue weighted by Gasteiger charge is 2.43. The van der Waals surface area contributed by atoms with E-state index in [2.05, 4.69) is 95.0 Å². The summed E-state index contributed by atoms with van der Waals surface area (Å²) in [4.78, 5) is 248. The van der Waals surface area contributed by atoms with Crippen molar-refractivity contribution >= 4 is 118 Å². The molecule has 14 atom stereocenters. The lowest BCUT2D eigenvalue weighted by Gasteiger charge is -2.32. The fourth-order valence-corrected chi connectivity index (χ4v) is 15.8. The molecular formula is C84H138N28O20. The molecule has 3 fully saturated rings. The van der Waals surface area contributed by atoms with Gasteiger partial charge in [0, 0.05) is 64.3 Å². The van der Waals surface area contributed by atoms with E-state index in [1.165, 1.54) is 55.5 Å². The van der Waals surface area contributed by atoms with Crippen LogP contribution < -0.4 is 119 Å². The van der Waals surface area contributed by atoms with Crippen LogP contribution in [0.5, 0.6) is 5.75 Å². The SMILES string of the molecule is CC(=O)N[C@@H](CO)C(=O)N1CCC[C@@H]1C(=O)N[C@@H](CCCNC(=N)N)C(=O)N[C@@H](Cc1cnc[nH]1)C(=O)N[C@@H](Cc1ccc(O)cc1)C(=O)N[C@@H](CC1CCCCC1)C(=O)N[C@@H](CC(N)=O)C(=O)N[C@@H](CC(C)C)C(=O)NC(C)(C)C(=O)N[C@H](C(=O)N[C@@H](CCCNC(=N)N)C(=O)N[C@@H](CCC(N)=O)C(=O)N[C@@H](CCCNC(=N)N)C(=O)N[C@@H](CC1CCCCC1)C(N)=O)[C@@H](C)O. The monoisotopic (exact) mass is 1860 g/mol. The standard InChI is InChI=1S/C84H138N28O20/c1-44(2)35-57(76(128)111-84(5,6)80(132)110-66(45(3)114)78(130)103-54(23-15-33-97-83(92)93)68(120)101-55(29-30-64(85)117)71(123)100-52(21-13-31-95-81(88)89)69(121)104-56(67(87)119)36-47-17-9-7-10-18-47)105-75(127)61(40-65(86)118)109-73(125)58(37-48-19-11-8-12-20-48)106-72(124)59(38-49-25-27-51(116)28-26-49)107-74(126)60(39-50-41-94-43-98-50)108-70(122)53(22-14-32-96-82(90)91)102-77(129)63-24-16-34-112(63)79(131)62(42-113)99-46(4)115/h25-28,41,43-45,47-48,52-63,66,113-114,116H,7-24,29-40,42H2,1-6H3,(H2,85,117)(H2,86,118)(H2,87,119)(H,94,98)(H,99,115)(H,100,123)(H,101,120)(H,102,129)(H,103,130)(H,104,121)(H,105,127)(H,106,124)(H,107,126)(H,108,122)(H,109,125)(H,110,132)(H,111,128)(H4,88,89,95)(H4,90,91,96)(H4,92,93,97)/t45-,52+,53+,54+,55+,56+,57+,58+,59+,60+,61+,62+,63-,66+/m1/s1. The lowest BCUT2D eigenvalue weighted by atomic mass is 9.84. The summed E-state index contributed by atoms with van der Waals surface area (Å²) in [5.41, 5.74) is 32.2. The van der Waals surface area contributed by atoms with Crippen LogP contribution >= 0.6 is 0 Å². The second-order valence-corrected chi connectivity index (χ2v) is 34.8. The molecule has 1 saturated heterocycles. The molecule has 1 aromatic heterocycles. The Morgan fingerprint density at radius 1 is 0.492 bits per heavy atom. The smallest absolute Gasteiger partial charge is 0.248 e. The van der Waals surface area contributed by atoms with E-state index in [4.69, 9.17) is 50.6 Å². The third-order valence-corrected chi connectivity index (χ3v) is 22.8. The van der Waals surface area contributed by atoms with E-state index in [0.717, 1.165) is 65.2 Å². The number of phenols is 1. The van der Waals surface area contributed by atoms with Crippen LogP contribution in [-0.4, -0.2) is 271 Å². The van der Waals surface area contributed by atoms with Crippen LogP contribution in [0.25, 0.3) is 0 Å². The van der Waals surface area contributed by atoms with Crippen molar-refractivity contribution in [1.29, 1.82) is 16.2 Å². The number of hydrogen-bond acceptors (Lipinski definition) is 24. The maximum Gasteiger partial charge on any atom is 0.248 e. The predicted octanol–water partition coefficient (Wildman–Crippen LogP) is -6.60. The largest absolute Gasteiger partial charge is 0.508 e. The highest BCUT2D eigenvalue weighted by Crippen LogP contribution is 2.30. The van der Waals surface area contributed by atoms with Gasteiger partial charge in [0.25, 0.3) is 0 Å². The van der Waals surface area contributed by atoms with Gasteiger partial charge in [0.15, 0.2) is 17.9 Å². The van der Waals surface area contributed by atoms with Crippen LogP contribution in [0.15, 0.2) is 36.8 Å². The summed E-state index contributed by atoms with van der Waals surface area (Å²) in [5.74, 6) is -18.4. The third-order valence-electron chi connectivity index (χ3n) is 22.8. The van der Waals surface area contributed by atoms with Crippen molar-refractivity contribution in [2.75, 3.05) is 32.8 Å². The van der Waals surface area contributed by atoms with E-state index >= 15 is 14.4 Å². The fourth-order valence-electron chi connectivity index (χ4n) is 15.8.